The zero-order valence-electron chi connectivity index (χ0n) is 11.4. The third kappa shape index (κ3) is 2.99. The van der Waals surface area contributed by atoms with Crippen molar-refractivity contribution in [3.8, 4) is 0 Å². The van der Waals surface area contributed by atoms with Gasteiger partial charge in [-0.2, -0.15) is 5.10 Å². The predicted molar refractivity (Wildman–Crippen MR) is 76.3 cm³/mol. The van der Waals surface area contributed by atoms with Crippen LogP contribution in [-0.4, -0.2) is 34.9 Å². The van der Waals surface area contributed by atoms with Gasteiger partial charge in [0.05, 0.1) is 24.4 Å². The number of carbonyl (C=O) groups excluding carboxylic acids is 1. The number of aromatic nitrogens is 2. The van der Waals surface area contributed by atoms with E-state index in [1.807, 2.05) is 35.1 Å². The molecule has 106 valence electrons. The molecule has 1 aromatic carbocycles. The second-order valence-corrected chi connectivity index (χ2v) is 5.12. The minimum Gasteiger partial charge on any atom is -0.376 e. The summed E-state index contributed by atoms with van der Waals surface area (Å²) in [6, 6.07) is 8.02. The van der Waals surface area contributed by atoms with Crippen LogP contribution < -0.4 is 5.32 Å². The lowest BCUT2D eigenvalue weighted by Crippen LogP contribution is -2.32. The molecule has 1 saturated heterocycles. The summed E-state index contributed by atoms with van der Waals surface area (Å²) in [7, 11) is 0. The van der Waals surface area contributed by atoms with Gasteiger partial charge in [0.25, 0.3) is 0 Å². The highest BCUT2D eigenvalue weighted by atomic mass is 16.5. The summed E-state index contributed by atoms with van der Waals surface area (Å²) in [5, 5.41) is 8.35. The summed E-state index contributed by atoms with van der Waals surface area (Å²) >= 11 is 0. The third-order valence-corrected chi connectivity index (χ3v) is 3.65. The van der Waals surface area contributed by atoms with Crippen LogP contribution in [0.1, 0.15) is 19.3 Å². The van der Waals surface area contributed by atoms with Crippen LogP contribution in [-0.2, 0) is 16.1 Å². The summed E-state index contributed by atoms with van der Waals surface area (Å²) in [5.41, 5.74) is 1.07. The molecule has 1 aliphatic rings. The molecule has 1 aliphatic heterocycles. The number of carbonyl (C=O) groups is 1. The number of nitrogens with one attached hydrogen (secondary N) is 1. The van der Waals surface area contributed by atoms with Crippen molar-refractivity contribution in [2.45, 2.75) is 31.9 Å². The van der Waals surface area contributed by atoms with E-state index < -0.39 is 0 Å². The monoisotopic (exact) mass is 273 g/mol. The van der Waals surface area contributed by atoms with Crippen LogP contribution in [0, 0.1) is 0 Å². The van der Waals surface area contributed by atoms with E-state index in [0.29, 0.717) is 19.5 Å². The topological polar surface area (TPSA) is 56.2 Å². The smallest absolute Gasteiger partial charge is 0.221 e. The number of para-hydroxylation sites is 1. The molecule has 3 rings (SSSR count). The average Bonchev–Trinajstić information content (AvgIpc) is 3.12. The van der Waals surface area contributed by atoms with Gasteiger partial charge in [0.15, 0.2) is 0 Å². The van der Waals surface area contributed by atoms with Gasteiger partial charge >= 0.3 is 0 Å². The summed E-state index contributed by atoms with van der Waals surface area (Å²) in [6.07, 6.45) is 4.62. The molecule has 0 bridgehead atoms. The Morgan fingerprint density at radius 2 is 2.35 bits per heavy atom. The molecular formula is C15H19N3O2. The maximum atomic E-state index is 11.8. The Morgan fingerprint density at radius 3 is 3.20 bits per heavy atom. The van der Waals surface area contributed by atoms with Gasteiger partial charge in [0, 0.05) is 25.0 Å². The number of fused-ring (bicyclic) bond motifs is 1. The Morgan fingerprint density at radius 1 is 1.45 bits per heavy atom. The van der Waals surface area contributed by atoms with Crippen LogP contribution in [0.2, 0.25) is 0 Å². The molecule has 20 heavy (non-hydrogen) atoms. The summed E-state index contributed by atoms with van der Waals surface area (Å²) in [6.45, 7) is 2.05. The highest BCUT2D eigenvalue weighted by Gasteiger charge is 2.16. The van der Waals surface area contributed by atoms with Crippen LogP contribution in [0.25, 0.3) is 10.9 Å². The number of benzene rings is 1. The zero-order chi connectivity index (χ0) is 13.8. The molecule has 1 amide bonds. The Kier molecular flexibility index (Phi) is 3.97. The first-order chi connectivity index (χ1) is 9.83. The zero-order valence-corrected chi connectivity index (χ0v) is 11.4. The fraction of sp³-hybridized carbons (Fsp3) is 0.467. The Hall–Kier alpha value is -1.88. The molecule has 0 spiro atoms. The second-order valence-electron chi connectivity index (χ2n) is 5.12. The van der Waals surface area contributed by atoms with E-state index in [-0.39, 0.29) is 12.0 Å². The summed E-state index contributed by atoms with van der Waals surface area (Å²) in [4.78, 5) is 11.8. The molecule has 0 radical (unpaired) electrons. The Labute approximate surface area is 117 Å². The van der Waals surface area contributed by atoms with Crippen LogP contribution in [0.15, 0.2) is 30.5 Å². The van der Waals surface area contributed by atoms with E-state index in [9.17, 15) is 4.79 Å². The lowest BCUT2D eigenvalue weighted by atomic mass is 10.2. The number of ether oxygens (including phenoxy) is 1. The number of hydrogen-bond donors (Lipinski definition) is 1. The first-order valence-corrected chi connectivity index (χ1v) is 7.12. The van der Waals surface area contributed by atoms with Crippen LogP contribution in [0.5, 0.6) is 0 Å². The predicted octanol–water partition coefficient (Wildman–Crippen LogP) is 1.72. The molecule has 5 nitrogen and oxygen atoms in total. The molecule has 1 fully saturated rings. The quantitative estimate of drug-likeness (QED) is 0.902. The highest BCUT2D eigenvalue weighted by Crippen LogP contribution is 2.13. The van der Waals surface area contributed by atoms with Gasteiger partial charge < -0.3 is 10.1 Å². The standard InChI is InChI=1S/C15H19N3O2/c19-15(16-11-13-5-3-9-20-13)7-8-18-14-6-2-1-4-12(14)10-17-18/h1-2,4,6,10,13H,3,5,7-9,11H2,(H,16,19)/t13-/m1/s1. The van der Waals surface area contributed by atoms with Crippen molar-refractivity contribution in [3.05, 3.63) is 30.5 Å². The van der Waals surface area contributed by atoms with Crippen molar-refractivity contribution < 1.29 is 9.53 Å². The normalized spacial score (nSPS) is 18.5. The van der Waals surface area contributed by atoms with Crippen LogP contribution >= 0.6 is 0 Å². The molecule has 1 N–H and O–H groups in total. The number of hydrogen-bond acceptors (Lipinski definition) is 3. The first kappa shape index (κ1) is 13.1. The van der Waals surface area contributed by atoms with Crippen molar-refractivity contribution in [1.29, 1.82) is 0 Å². The number of amides is 1. The van der Waals surface area contributed by atoms with E-state index >= 15 is 0 Å². The summed E-state index contributed by atoms with van der Waals surface area (Å²) in [5.74, 6) is 0.0556. The third-order valence-electron chi connectivity index (χ3n) is 3.65. The van der Waals surface area contributed by atoms with Crippen molar-refractivity contribution in [1.82, 2.24) is 15.1 Å². The molecule has 2 aromatic rings. The van der Waals surface area contributed by atoms with Gasteiger partial charge in [-0.25, -0.2) is 0 Å². The fourth-order valence-electron chi connectivity index (χ4n) is 2.53. The lowest BCUT2D eigenvalue weighted by Gasteiger charge is -2.10. The van der Waals surface area contributed by atoms with E-state index in [1.165, 1.54) is 0 Å². The van der Waals surface area contributed by atoms with Gasteiger partial charge in [0.2, 0.25) is 5.91 Å². The van der Waals surface area contributed by atoms with E-state index in [1.54, 1.807) is 0 Å². The molecule has 1 atom stereocenters. The van der Waals surface area contributed by atoms with E-state index in [2.05, 4.69) is 10.4 Å². The number of aryl methyl sites for hydroxylation is 1. The van der Waals surface area contributed by atoms with Gasteiger partial charge in [0.1, 0.15) is 0 Å². The van der Waals surface area contributed by atoms with Crippen molar-refractivity contribution >= 4 is 16.8 Å². The second kappa shape index (κ2) is 6.05. The largest absolute Gasteiger partial charge is 0.376 e. The first-order valence-electron chi connectivity index (χ1n) is 7.12. The molecule has 0 saturated carbocycles. The van der Waals surface area contributed by atoms with Crippen molar-refractivity contribution in [2.75, 3.05) is 13.2 Å². The molecule has 1 aromatic heterocycles. The molecule has 0 unspecified atom stereocenters. The minimum atomic E-state index is 0.0556. The van der Waals surface area contributed by atoms with Crippen LogP contribution in [0.4, 0.5) is 0 Å². The molecule has 2 heterocycles. The lowest BCUT2D eigenvalue weighted by molar-refractivity contribution is -0.121. The van der Waals surface area contributed by atoms with Crippen molar-refractivity contribution in [2.24, 2.45) is 0 Å². The van der Waals surface area contributed by atoms with Gasteiger partial charge in [-0.3, -0.25) is 9.48 Å². The minimum absolute atomic E-state index is 0.0556. The molecular weight excluding hydrogens is 254 g/mol. The van der Waals surface area contributed by atoms with Gasteiger partial charge in [-0.1, -0.05) is 18.2 Å². The number of rotatable bonds is 5. The Balaban J connectivity index is 1.49. The highest BCUT2D eigenvalue weighted by molar-refractivity contribution is 5.79. The van der Waals surface area contributed by atoms with Gasteiger partial charge in [-0.05, 0) is 18.9 Å². The van der Waals surface area contributed by atoms with Gasteiger partial charge in [-0.15, -0.1) is 0 Å². The van der Waals surface area contributed by atoms with E-state index in [0.717, 1.165) is 30.4 Å². The number of nitrogens with zero attached hydrogens (tertiary/aromatic N) is 2. The van der Waals surface area contributed by atoms with Crippen molar-refractivity contribution in [3.63, 3.8) is 0 Å². The molecule has 0 aliphatic carbocycles. The fourth-order valence-corrected chi connectivity index (χ4v) is 2.53. The summed E-state index contributed by atoms with van der Waals surface area (Å²) < 4.78 is 7.36. The van der Waals surface area contributed by atoms with Crippen LogP contribution in [0.3, 0.4) is 0 Å². The maximum Gasteiger partial charge on any atom is 0.221 e. The Bertz CT molecular complexity index is 588. The SMILES string of the molecule is O=C(CCn1ncc2ccccc21)NC[C@H]1CCCO1. The molecule has 5 heteroatoms. The average molecular weight is 273 g/mol. The van der Waals surface area contributed by atoms with E-state index in [4.69, 9.17) is 4.74 Å². The maximum absolute atomic E-state index is 11.8.